The molecule has 7 nitrogen and oxygen atoms in total. The Bertz CT molecular complexity index is 1360. The van der Waals surface area contributed by atoms with Gasteiger partial charge in [-0.1, -0.05) is 66.2 Å². The van der Waals surface area contributed by atoms with Gasteiger partial charge in [0.15, 0.2) is 0 Å². The van der Waals surface area contributed by atoms with E-state index in [1.165, 1.54) is 16.4 Å². The van der Waals surface area contributed by atoms with Crippen molar-refractivity contribution >= 4 is 25.9 Å². The van der Waals surface area contributed by atoms with Crippen LogP contribution in [-0.2, 0) is 20.0 Å². The van der Waals surface area contributed by atoms with E-state index in [4.69, 9.17) is 0 Å². The number of benzene rings is 3. The summed E-state index contributed by atoms with van der Waals surface area (Å²) in [6, 6.07) is 23.9. The first-order valence-corrected chi connectivity index (χ1v) is 13.3. The summed E-state index contributed by atoms with van der Waals surface area (Å²) in [6.07, 6.45) is -0.714. The van der Waals surface area contributed by atoms with Crippen LogP contribution in [0.2, 0.25) is 0 Å². The molecule has 4 rings (SSSR count). The third-order valence-electron chi connectivity index (χ3n) is 5.56. The van der Waals surface area contributed by atoms with Crippen LogP contribution in [0.3, 0.4) is 0 Å². The van der Waals surface area contributed by atoms with Crippen LogP contribution in [-0.4, -0.2) is 45.0 Å². The number of hydrogen-bond acceptors (Lipinski definition) is 4. The largest absolute Gasteiger partial charge is 0.337 e. The second-order valence-corrected chi connectivity index (χ2v) is 11.3. The maximum atomic E-state index is 13.5. The summed E-state index contributed by atoms with van der Waals surface area (Å²) >= 11 is 0. The van der Waals surface area contributed by atoms with Crippen LogP contribution in [0, 0.1) is 6.92 Å². The van der Waals surface area contributed by atoms with E-state index in [1.807, 2.05) is 37.3 Å². The fourth-order valence-corrected chi connectivity index (χ4v) is 6.52. The lowest BCUT2D eigenvalue weighted by Crippen LogP contribution is -2.37. The summed E-state index contributed by atoms with van der Waals surface area (Å²) < 4.78 is 58.2. The first-order chi connectivity index (χ1) is 15.7. The summed E-state index contributed by atoms with van der Waals surface area (Å²) in [6.45, 7) is 3.99. The van der Waals surface area contributed by atoms with Gasteiger partial charge in [-0.05, 0) is 43.7 Å². The molecule has 0 radical (unpaired) electrons. The van der Waals surface area contributed by atoms with Gasteiger partial charge in [-0.15, -0.1) is 4.40 Å². The van der Waals surface area contributed by atoms with Crippen LogP contribution in [0.5, 0.6) is 0 Å². The van der Waals surface area contributed by atoms with Gasteiger partial charge < -0.3 is 4.90 Å². The zero-order valence-electron chi connectivity index (χ0n) is 18.4. The summed E-state index contributed by atoms with van der Waals surface area (Å²) in [4.78, 5) is 2.01. The van der Waals surface area contributed by atoms with E-state index in [0.717, 1.165) is 11.1 Å². The van der Waals surface area contributed by atoms with E-state index in [0.29, 0.717) is 6.54 Å². The van der Waals surface area contributed by atoms with Crippen molar-refractivity contribution in [2.24, 2.45) is 4.40 Å². The molecule has 0 saturated carbocycles. The Morgan fingerprint density at radius 2 is 1.36 bits per heavy atom. The lowest BCUT2D eigenvalue weighted by Gasteiger charge is -2.31. The molecule has 3 aromatic carbocycles. The molecule has 0 amide bonds. The van der Waals surface area contributed by atoms with Crippen molar-refractivity contribution in [1.82, 2.24) is 9.21 Å². The van der Waals surface area contributed by atoms with Gasteiger partial charge in [0.2, 0.25) is 10.0 Å². The molecule has 0 aliphatic carbocycles. The minimum atomic E-state index is -3.95. The predicted octanol–water partition coefficient (Wildman–Crippen LogP) is 3.81. The van der Waals surface area contributed by atoms with E-state index in [-0.39, 0.29) is 22.2 Å². The van der Waals surface area contributed by atoms with Crippen molar-refractivity contribution in [3.05, 3.63) is 96.1 Å². The number of rotatable bonds is 5. The van der Waals surface area contributed by atoms with Crippen molar-refractivity contribution in [1.29, 1.82) is 0 Å². The highest BCUT2D eigenvalue weighted by Crippen LogP contribution is 2.35. The third kappa shape index (κ3) is 4.71. The Labute approximate surface area is 195 Å². The molecular formula is C24H25N3O4S2. The number of sulfonamides is 2. The topological polar surface area (TPSA) is 87.1 Å². The van der Waals surface area contributed by atoms with Crippen molar-refractivity contribution in [3.63, 3.8) is 0 Å². The fourth-order valence-electron chi connectivity index (χ4n) is 3.89. The molecule has 33 heavy (non-hydrogen) atoms. The van der Waals surface area contributed by atoms with Gasteiger partial charge in [-0.3, -0.25) is 0 Å². The second-order valence-electron chi connectivity index (χ2n) is 7.83. The highest BCUT2D eigenvalue weighted by atomic mass is 32.2. The Balaban J connectivity index is 1.75. The van der Waals surface area contributed by atoms with Crippen LogP contribution in [0.15, 0.2) is 99.1 Å². The molecule has 0 N–H and O–H groups in total. The van der Waals surface area contributed by atoms with E-state index in [2.05, 4.69) is 4.40 Å². The maximum absolute atomic E-state index is 13.5. The van der Waals surface area contributed by atoms with Gasteiger partial charge in [-0.25, -0.2) is 8.42 Å². The smallest absolute Gasteiger partial charge is 0.283 e. The molecule has 172 valence electrons. The van der Waals surface area contributed by atoms with Gasteiger partial charge in [0.25, 0.3) is 10.0 Å². The predicted molar refractivity (Wildman–Crippen MR) is 128 cm³/mol. The Morgan fingerprint density at radius 1 is 0.788 bits per heavy atom. The summed E-state index contributed by atoms with van der Waals surface area (Å²) in [5, 5.41) is 0. The van der Waals surface area contributed by atoms with Crippen LogP contribution >= 0.6 is 0 Å². The third-order valence-corrected chi connectivity index (χ3v) is 8.80. The average Bonchev–Trinajstić information content (AvgIpc) is 3.27. The van der Waals surface area contributed by atoms with Gasteiger partial charge in [0, 0.05) is 13.1 Å². The van der Waals surface area contributed by atoms with E-state index < -0.39 is 26.2 Å². The molecule has 3 aromatic rings. The molecule has 1 saturated heterocycles. The van der Waals surface area contributed by atoms with E-state index in [1.54, 1.807) is 54.3 Å². The zero-order valence-corrected chi connectivity index (χ0v) is 20.0. The van der Waals surface area contributed by atoms with E-state index in [9.17, 15) is 16.8 Å². The van der Waals surface area contributed by atoms with Crippen LogP contribution in [0.4, 0.5) is 0 Å². The highest BCUT2D eigenvalue weighted by Gasteiger charge is 2.42. The summed E-state index contributed by atoms with van der Waals surface area (Å²) in [5.41, 5.74) is 1.68. The van der Waals surface area contributed by atoms with Crippen LogP contribution in [0.25, 0.3) is 0 Å². The molecule has 0 bridgehead atoms. The molecule has 1 atom stereocenters. The first-order valence-electron chi connectivity index (χ1n) is 10.5. The Kier molecular flexibility index (Phi) is 6.38. The monoisotopic (exact) mass is 483 g/mol. The standard InChI is InChI=1S/C24H25N3O4S2/c1-19-13-15-22(16-14-19)32(28,29)25-20(2)26-17-18-27(24(26)21-9-5-3-6-10-21)33(30,31)23-11-7-4-8-12-23/h3-16,24H,17-18H2,1-2H3/t24-/m0/s1. The minimum Gasteiger partial charge on any atom is -0.337 e. The number of hydrogen-bond donors (Lipinski definition) is 0. The van der Waals surface area contributed by atoms with Crippen molar-refractivity contribution in [2.75, 3.05) is 13.1 Å². The summed E-state index contributed by atoms with van der Waals surface area (Å²) in [5.74, 6) is 0.232. The van der Waals surface area contributed by atoms with Crippen LogP contribution in [0.1, 0.15) is 24.2 Å². The Morgan fingerprint density at radius 3 is 1.97 bits per heavy atom. The summed E-state index contributed by atoms with van der Waals surface area (Å²) in [7, 11) is -7.76. The molecule has 0 spiro atoms. The molecule has 1 aliphatic rings. The van der Waals surface area contributed by atoms with Gasteiger partial charge in [-0.2, -0.15) is 12.7 Å². The molecular weight excluding hydrogens is 458 g/mol. The maximum Gasteiger partial charge on any atom is 0.283 e. The van der Waals surface area contributed by atoms with Crippen molar-refractivity contribution in [3.8, 4) is 0 Å². The second kappa shape index (κ2) is 9.09. The number of aryl methyl sites for hydroxylation is 1. The molecule has 1 fully saturated rings. The quantitative estimate of drug-likeness (QED) is 0.407. The molecule has 0 unspecified atom stereocenters. The molecule has 1 aliphatic heterocycles. The van der Waals surface area contributed by atoms with Crippen molar-refractivity contribution in [2.45, 2.75) is 29.8 Å². The average molecular weight is 484 g/mol. The van der Waals surface area contributed by atoms with Gasteiger partial charge in [0.05, 0.1) is 9.79 Å². The minimum absolute atomic E-state index is 0.0941. The normalized spacial score (nSPS) is 17.9. The number of nitrogens with zero attached hydrogens (tertiary/aromatic N) is 3. The zero-order chi connectivity index (χ0) is 23.6. The number of amidine groups is 1. The molecule has 0 aromatic heterocycles. The molecule has 9 heteroatoms. The lowest BCUT2D eigenvalue weighted by molar-refractivity contribution is 0.284. The lowest BCUT2D eigenvalue weighted by atomic mass is 10.1. The van der Waals surface area contributed by atoms with Crippen molar-refractivity contribution < 1.29 is 16.8 Å². The first kappa shape index (κ1) is 23.2. The van der Waals surface area contributed by atoms with Gasteiger partial charge >= 0.3 is 0 Å². The SMILES string of the molecule is CC(=NS(=O)(=O)c1ccc(C)cc1)N1CCN(S(=O)(=O)c2ccccc2)[C@H]1c1ccccc1. The highest BCUT2D eigenvalue weighted by molar-refractivity contribution is 7.90. The van der Waals surface area contributed by atoms with Gasteiger partial charge in [0.1, 0.15) is 12.0 Å². The van der Waals surface area contributed by atoms with Crippen LogP contribution < -0.4 is 0 Å². The van der Waals surface area contributed by atoms with E-state index >= 15 is 0 Å². The Hall–Kier alpha value is -3.01. The molecule has 1 heterocycles. The fraction of sp³-hybridized carbons (Fsp3) is 0.208.